The van der Waals surface area contributed by atoms with Crippen LogP contribution in [0.2, 0.25) is 10.0 Å². The molecular formula is C30H25Cl2FN2O2. The molecule has 0 aliphatic heterocycles. The molecule has 4 aromatic rings. The zero-order chi connectivity index (χ0) is 26.2. The van der Waals surface area contributed by atoms with Crippen molar-refractivity contribution in [2.45, 2.75) is 25.6 Å². The number of carbonyl (C=O) groups is 2. The monoisotopic (exact) mass is 534 g/mol. The van der Waals surface area contributed by atoms with E-state index < -0.39 is 6.04 Å². The molecule has 4 nitrogen and oxygen atoms in total. The molecule has 0 aliphatic carbocycles. The Morgan fingerprint density at radius 2 is 1.27 bits per heavy atom. The Bertz CT molecular complexity index is 1330. The summed E-state index contributed by atoms with van der Waals surface area (Å²) in [5.74, 6) is -0.946. The highest BCUT2D eigenvalue weighted by molar-refractivity contribution is 6.30. The molecule has 2 amide bonds. The van der Waals surface area contributed by atoms with E-state index in [1.165, 1.54) is 17.0 Å². The lowest BCUT2D eigenvalue weighted by atomic mass is 10.0. The first-order valence-corrected chi connectivity index (χ1v) is 12.5. The maximum Gasteiger partial charge on any atom is 0.247 e. The molecule has 188 valence electrons. The van der Waals surface area contributed by atoms with Crippen molar-refractivity contribution in [1.82, 2.24) is 10.2 Å². The lowest BCUT2D eigenvalue weighted by Crippen LogP contribution is -2.43. The summed E-state index contributed by atoms with van der Waals surface area (Å²) in [6.45, 7) is 0.399. The second kappa shape index (κ2) is 12.5. The molecule has 4 aromatic carbocycles. The minimum Gasteiger partial charge on any atom is -0.350 e. The third-order valence-corrected chi connectivity index (χ3v) is 6.41. The highest BCUT2D eigenvalue weighted by atomic mass is 35.5. The molecule has 37 heavy (non-hydrogen) atoms. The predicted molar refractivity (Wildman–Crippen MR) is 145 cm³/mol. The number of carbonyl (C=O) groups excluding carboxylic acids is 2. The van der Waals surface area contributed by atoms with Crippen molar-refractivity contribution in [3.05, 3.63) is 141 Å². The molecule has 0 aromatic heterocycles. The van der Waals surface area contributed by atoms with Gasteiger partial charge in [0.1, 0.15) is 11.9 Å². The molecule has 0 saturated heterocycles. The standard InChI is InChI=1S/C30H25Cl2FN2O2/c31-25-12-6-21(7-13-25)18-28(36)35(20-23-10-16-27(33)17-11-23)29(24-4-2-1-3-5-24)30(37)34-19-22-8-14-26(32)15-9-22/h1-17,29H,18-20H2,(H,34,37). The van der Waals surface area contributed by atoms with Crippen molar-refractivity contribution in [3.8, 4) is 0 Å². The third-order valence-electron chi connectivity index (χ3n) is 5.91. The van der Waals surface area contributed by atoms with Gasteiger partial charge in [-0.05, 0) is 58.7 Å². The van der Waals surface area contributed by atoms with Crippen molar-refractivity contribution < 1.29 is 14.0 Å². The number of halogens is 3. The summed E-state index contributed by atoms with van der Waals surface area (Å²) in [5, 5.41) is 4.14. The van der Waals surface area contributed by atoms with Gasteiger partial charge in [0.05, 0.1) is 6.42 Å². The van der Waals surface area contributed by atoms with Crippen LogP contribution in [0.25, 0.3) is 0 Å². The summed E-state index contributed by atoms with van der Waals surface area (Å²) in [7, 11) is 0. The highest BCUT2D eigenvalue weighted by Crippen LogP contribution is 2.25. The number of rotatable bonds is 9. The number of nitrogens with zero attached hydrogens (tertiary/aromatic N) is 1. The molecular weight excluding hydrogens is 510 g/mol. The lowest BCUT2D eigenvalue weighted by molar-refractivity contribution is -0.141. The van der Waals surface area contributed by atoms with Crippen molar-refractivity contribution in [2.24, 2.45) is 0 Å². The largest absolute Gasteiger partial charge is 0.350 e. The maximum absolute atomic E-state index is 13.7. The molecule has 1 N–H and O–H groups in total. The van der Waals surface area contributed by atoms with Crippen molar-refractivity contribution >= 4 is 35.0 Å². The first kappa shape index (κ1) is 26.4. The van der Waals surface area contributed by atoms with E-state index in [-0.39, 0.29) is 37.1 Å². The van der Waals surface area contributed by atoms with E-state index >= 15 is 0 Å². The predicted octanol–water partition coefficient (Wildman–Crippen LogP) is 6.76. The van der Waals surface area contributed by atoms with Crippen LogP contribution in [0.15, 0.2) is 103 Å². The second-order valence-electron chi connectivity index (χ2n) is 8.61. The van der Waals surface area contributed by atoms with Gasteiger partial charge in [0, 0.05) is 23.1 Å². The Hall–Kier alpha value is -3.67. The average Bonchev–Trinajstić information content (AvgIpc) is 2.91. The van der Waals surface area contributed by atoms with Crippen molar-refractivity contribution in [3.63, 3.8) is 0 Å². The Morgan fingerprint density at radius 3 is 1.86 bits per heavy atom. The van der Waals surface area contributed by atoms with Crippen LogP contribution in [-0.2, 0) is 29.1 Å². The molecule has 0 fully saturated rings. The third kappa shape index (κ3) is 7.42. The van der Waals surface area contributed by atoms with E-state index in [1.807, 2.05) is 42.5 Å². The average molecular weight is 535 g/mol. The number of nitrogens with one attached hydrogen (secondary N) is 1. The summed E-state index contributed by atoms with van der Waals surface area (Å²) in [4.78, 5) is 28.9. The SMILES string of the molecule is O=C(NCc1ccc(Cl)cc1)C(c1ccccc1)N(Cc1ccc(F)cc1)C(=O)Cc1ccc(Cl)cc1. The van der Waals surface area contributed by atoms with E-state index in [9.17, 15) is 14.0 Å². The van der Waals surface area contributed by atoms with Crippen LogP contribution in [0.3, 0.4) is 0 Å². The fourth-order valence-corrected chi connectivity index (χ4v) is 4.24. The Kier molecular flexibility index (Phi) is 8.94. The summed E-state index contributed by atoms with van der Waals surface area (Å²) >= 11 is 12.0. The minimum absolute atomic E-state index is 0.0756. The van der Waals surface area contributed by atoms with E-state index in [2.05, 4.69) is 5.32 Å². The van der Waals surface area contributed by atoms with E-state index in [1.54, 1.807) is 48.5 Å². The molecule has 0 radical (unpaired) electrons. The molecule has 0 heterocycles. The first-order valence-electron chi connectivity index (χ1n) is 11.7. The number of amides is 2. The van der Waals surface area contributed by atoms with E-state index in [0.717, 1.165) is 11.1 Å². The second-order valence-corrected chi connectivity index (χ2v) is 9.48. The zero-order valence-corrected chi connectivity index (χ0v) is 21.4. The van der Waals surface area contributed by atoms with Gasteiger partial charge in [-0.1, -0.05) is 89.9 Å². The van der Waals surface area contributed by atoms with E-state index in [4.69, 9.17) is 23.2 Å². The van der Waals surface area contributed by atoms with Crippen LogP contribution in [-0.4, -0.2) is 16.7 Å². The molecule has 7 heteroatoms. The molecule has 1 unspecified atom stereocenters. The van der Waals surface area contributed by atoms with Gasteiger partial charge in [0.2, 0.25) is 11.8 Å². The van der Waals surface area contributed by atoms with Gasteiger partial charge in [0.25, 0.3) is 0 Å². The van der Waals surface area contributed by atoms with Gasteiger partial charge in [-0.15, -0.1) is 0 Å². The zero-order valence-electron chi connectivity index (χ0n) is 19.9. The molecule has 0 aliphatic rings. The van der Waals surface area contributed by atoms with Gasteiger partial charge in [0.15, 0.2) is 0 Å². The van der Waals surface area contributed by atoms with Crippen LogP contribution in [0.4, 0.5) is 4.39 Å². The molecule has 1 atom stereocenters. The lowest BCUT2D eigenvalue weighted by Gasteiger charge is -2.32. The van der Waals surface area contributed by atoms with Gasteiger partial charge in [-0.25, -0.2) is 4.39 Å². The normalized spacial score (nSPS) is 11.5. The van der Waals surface area contributed by atoms with Gasteiger partial charge in [-0.3, -0.25) is 9.59 Å². The molecule has 0 saturated carbocycles. The first-order chi connectivity index (χ1) is 17.9. The summed E-state index contributed by atoms with van der Waals surface area (Å²) in [5.41, 5.74) is 3.02. The number of hydrogen-bond donors (Lipinski definition) is 1. The van der Waals surface area contributed by atoms with Crippen molar-refractivity contribution in [2.75, 3.05) is 0 Å². The quantitative estimate of drug-likeness (QED) is 0.258. The van der Waals surface area contributed by atoms with Crippen LogP contribution < -0.4 is 5.32 Å². The number of hydrogen-bond acceptors (Lipinski definition) is 2. The highest BCUT2D eigenvalue weighted by Gasteiger charge is 2.31. The van der Waals surface area contributed by atoms with Crippen LogP contribution in [0, 0.1) is 5.82 Å². The smallest absolute Gasteiger partial charge is 0.247 e. The Labute approximate surface area is 225 Å². The summed E-state index contributed by atoms with van der Waals surface area (Å²) in [6, 6.07) is 28.4. The Morgan fingerprint density at radius 1 is 0.730 bits per heavy atom. The summed E-state index contributed by atoms with van der Waals surface area (Å²) in [6.07, 6.45) is 0.0756. The maximum atomic E-state index is 13.7. The minimum atomic E-state index is -0.904. The van der Waals surface area contributed by atoms with Gasteiger partial charge >= 0.3 is 0 Å². The van der Waals surface area contributed by atoms with Crippen LogP contribution >= 0.6 is 23.2 Å². The Balaban J connectivity index is 1.66. The topological polar surface area (TPSA) is 49.4 Å². The van der Waals surface area contributed by atoms with E-state index in [0.29, 0.717) is 21.2 Å². The van der Waals surface area contributed by atoms with Crippen LogP contribution in [0.5, 0.6) is 0 Å². The fraction of sp³-hybridized carbons (Fsp3) is 0.133. The molecule has 4 rings (SSSR count). The number of benzene rings is 4. The molecule has 0 bridgehead atoms. The molecule has 0 spiro atoms. The summed E-state index contributed by atoms with van der Waals surface area (Å²) < 4.78 is 13.6. The fourth-order valence-electron chi connectivity index (χ4n) is 3.98. The van der Waals surface area contributed by atoms with Crippen LogP contribution in [0.1, 0.15) is 28.3 Å². The van der Waals surface area contributed by atoms with Crippen molar-refractivity contribution in [1.29, 1.82) is 0 Å². The van der Waals surface area contributed by atoms with Gasteiger partial charge < -0.3 is 10.2 Å². The van der Waals surface area contributed by atoms with Gasteiger partial charge in [-0.2, -0.15) is 0 Å².